The van der Waals surface area contributed by atoms with Crippen LogP contribution in [0.25, 0.3) is 0 Å². The minimum Gasteiger partial charge on any atom is -0.493 e. The van der Waals surface area contributed by atoms with Gasteiger partial charge in [-0.1, -0.05) is 6.07 Å². The average molecular weight is 370 g/mol. The molecule has 7 heteroatoms. The van der Waals surface area contributed by atoms with Crippen molar-refractivity contribution in [1.82, 2.24) is 0 Å². The Morgan fingerprint density at radius 1 is 1.30 bits per heavy atom. The fraction of sp³-hybridized carbons (Fsp3) is 0.300. The summed E-state index contributed by atoms with van der Waals surface area (Å²) < 4.78 is 16.9. The standard InChI is InChI=1S/C20H22N2O5/c1-3-25-17-9-14-7-12(2)27-18(14)10-15(17)11-26-19(23)13-5-4-6-16(8-13)22-20(21)24/h4-6,8-10,12H,3,7,11H2,1-2H3,(H3,21,22,24). The fourth-order valence-electron chi connectivity index (χ4n) is 2.98. The van der Waals surface area contributed by atoms with Gasteiger partial charge in [0.05, 0.1) is 12.2 Å². The second kappa shape index (κ2) is 7.99. The van der Waals surface area contributed by atoms with E-state index in [0.717, 1.165) is 23.3 Å². The van der Waals surface area contributed by atoms with E-state index in [1.54, 1.807) is 18.2 Å². The summed E-state index contributed by atoms with van der Waals surface area (Å²) in [5.74, 6) is 0.968. The number of urea groups is 1. The number of benzene rings is 2. The number of carbonyl (C=O) groups excluding carboxylic acids is 2. The molecule has 0 aliphatic carbocycles. The van der Waals surface area contributed by atoms with Crippen molar-refractivity contribution in [3.8, 4) is 11.5 Å². The molecule has 0 spiro atoms. The number of primary amides is 1. The van der Waals surface area contributed by atoms with Crippen LogP contribution in [0.2, 0.25) is 0 Å². The molecule has 2 amide bonds. The highest BCUT2D eigenvalue weighted by Gasteiger charge is 2.22. The molecule has 142 valence electrons. The second-order valence-corrected chi connectivity index (χ2v) is 6.28. The van der Waals surface area contributed by atoms with E-state index >= 15 is 0 Å². The van der Waals surface area contributed by atoms with E-state index in [1.807, 2.05) is 26.0 Å². The van der Waals surface area contributed by atoms with E-state index in [4.69, 9.17) is 19.9 Å². The van der Waals surface area contributed by atoms with E-state index in [1.165, 1.54) is 6.07 Å². The highest BCUT2D eigenvalue weighted by atomic mass is 16.5. The average Bonchev–Trinajstić information content (AvgIpc) is 2.98. The first-order chi connectivity index (χ1) is 13.0. The predicted octanol–water partition coefficient (Wildman–Crippen LogP) is 3.26. The highest BCUT2D eigenvalue weighted by molar-refractivity contribution is 5.93. The lowest BCUT2D eigenvalue weighted by atomic mass is 10.1. The van der Waals surface area contributed by atoms with E-state index in [0.29, 0.717) is 23.6 Å². The SMILES string of the molecule is CCOc1cc2c(cc1COC(=O)c1cccc(NC(N)=O)c1)OC(C)C2. The van der Waals surface area contributed by atoms with Gasteiger partial charge in [-0.05, 0) is 44.2 Å². The third kappa shape index (κ3) is 4.49. The maximum atomic E-state index is 12.4. The number of hydrogen-bond acceptors (Lipinski definition) is 5. The minimum atomic E-state index is -0.700. The smallest absolute Gasteiger partial charge is 0.338 e. The van der Waals surface area contributed by atoms with Crippen LogP contribution in [-0.2, 0) is 17.8 Å². The summed E-state index contributed by atoms with van der Waals surface area (Å²) in [5.41, 5.74) is 7.66. The van der Waals surface area contributed by atoms with Gasteiger partial charge in [-0.3, -0.25) is 0 Å². The van der Waals surface area contributed by atoms with E-state index in [-0.39, 0.29) is 12.7 Å². The molecule has 0 radical (unpaired) electrons. The number of fused-ring (bicyclic) bond motifs is 1. The van der Waals surface area contributed by atoms with Crippen LogP contribution in [0.3, 0.4) is 0 Å². The van der Waals surface area contributed by atoms with Gasteiger partial charge < -0.3 is 25.3 Å². The van der Waals surface area contributed by atoms with Crippen molar-refractivity contribution in [2.24, 2.45) is 5.73 Å². The molecule has 2 aromatic rings. The van der Waals surface area contributed by atoms with Gasteiger partial charge in [-0.15, -0.1) is 0 Å². The summed E-state index contributed by atoms with van der Waals surface area (Å²) in [7, 11) is 0. The number of ether oxygens (including phenoxy) is 3. The first kappa shape index (κ1) is 18.6. The molecule has 0 saturated heterocycles. The number of anilines is 1. The van der Waals surface area contributed by atoms with Crippen LogP contribution in [0.1, 0.15) is 35.3 Å². The van der Waals surface area contributed by atoms with Crippen molar-refractivity contribution in [3.05, 3.63) is 53.1 Å². The molecule has 3 rings (SSSR count). The van der Waals surface area contributed by atoms with Crippen molar-refractivity contribution in [1.29, 1.82) is 0 Å². The lowest BCUT2D eigenvalue weighted by Crippen LogP contribution is -2.19. The molecular formula is C20H22N2O5. The normalized spacial score (nSPS) is 14.8. The molecule has 0 saturated carbocycles. The number of rotatable bonds is 6. The van der Waals surface area contributed by atoms with Crippen molar-refractivity contribution in [2.45, 2.75) is 33.0 Å². The van der Waals surface area contributed by atoms with E-state index < -0.39 is 12.0 Å². The number of carbonyl (C=O) groups is 2. The van der Waals surface area contributed by atoms with Crippen LogP contribution in [0, 0.1) is 0 Å². The van der Waals surface area contributed by atoms with Crippen LogP contribution in [-0.4, -0.2) is 24.7 Å². The van der Waals surface area contributed by atoms with Gasteiger partial charge in [0.2, 0.25) is 0 Å². The van der Waals surface area contributed by atoms with Gasteiger partial charge in [-0.2, -0.15) is 0 Å². The second-order valence-electron chi connectivity index (χ2n) is 6.28. The van der Waals surface area contributed by atoms with Crippen LogP contribution in [0.5, 0.6) is 11.5 Å². The minimum absolute atomic E-state index is 0.0483. The molecule has 0 aromatic heterocycles. The first-order valence-electron chi connectivity index (χ1n) is 8.75. The quantitative estimate of drug-likeness (QED) is 0.760. The maximum absolute atomic E-state index is 12.4. The Kier molecular flexibility index (Phi) is 5.49. The summed E-state index contributed by atoms with van der Waals surface area (Å²) in [6.07, 6.45) is 0.947. The van der Waals surface area contributed by atoms with Gasteiger partial charge in [0.25, 0.3) is 0 Å². The molecule has 27 heavy (non-hydrogen) atoms. The third-order valence-electron chi connectivity index (χ3n) is 4.10. The van der Waals surface area contributed by atoms with Gasteiger partial charge in [-0.25, -0.2) is 9.59 Å². The molecular weight excluding hydrogens is 348 g/mol. The van der Waals surface area contributed by atoms with Crippen LogP contribution in [0.4, 0.5) is 10.5 Å². The maximum Gasteiger partial charge on any atom is 0.338 e. The highest BCUT2D eigenvalue weighted by Crippen LogP contribution is 2.35. The van der Waals surface area contributed by atoms with Crippen LogP contribution in [0.15, 0.2) is 36.4 Å². The van der Waals surface area contributed by atoms with Crippen molar-refractivity contribution in [2.75, 3.05) is 11.9 Å². The molecule has 1 unspecified atom stereocenters. The zero-order valence-electron chi connectivity index (χ0n) is 15.3. The van der Waals surface area contributed by atoms with Crippen molar-refractivity contribution in [3.63, 3.8) is 0 Å². The zero-order chi connectivity index (χ0) is 19.4. The monoisotopic (exact) mass is 370 g/mol. The van der Waals surface area contributed by atoms with Gasteiger partial charge in [0.15, 0.2) is 0 Å². The topological polar surface area (TPSA) is 99.9 Å². The molecule has 1 atom stereocenters. The summed E-state index contributed by atoms with van der Waals surface area (Å²) in [6, 6.07) is 9.49. The van der Waals surface area contributed by atoms with Gasteiger partial charge >= 0.3 is 12.0 Å². The fourth-order valence-corrected chi connectivity index (χ4v) is 2.98. The molecule has 2 aromatic carbocycles. The number of nitrogens with two attached hydrogens (primary N) is 1. The number of hydrogen-bond donors (Lipinski definition) is 2. The largest absolute Gasteiger partial charge is 0.493 e. The van der Waals surface area contributed by atoms with Crippen molar-refractivity contribution < 1.29 is 23.8 Å². The first-order valence-corrected chi connectivity index (χ1v) is 8.75. The number of nitrogens with one attached hydrogen (secondary N) is 1. The lowest BCUT2D eigenvalue weighted by molar-refractivity contribution is 0.0469. The zero-order valence-corrected chi connectivity index (χ0v) is 15.3. The molecule has 0 fully saturated rings. The number of esters is 1. The molecule has 1 aliphatic heterocycles. The van der Waals surface area contributed by atoms with Gasteiger partial charge in [0.1, 0.15) is 24.2 Å². The molecule has 0 bridgehead atoms. The summed E-state index contributed by atoms with van der Waals surface area (Å²) >= 11 is 0. The van der Waals surface area contributed by atoms with Crippen LogP contribution < -0.4 is 20.5 Å². The Balaban J connectivity index is 1.73. The Labute approximate surface area is 157 Å². The predicted molar refractivity (Wildman–Crippen MR) is 100 cm³/mol. The lowest BCUT2D eigenvalue weighted by Gasteiger charge is -2.13. The van der Waals surface area contributed by atoms with Gasteiger partial charge in [0, 0.05) is 23.2 Å². The van der Waals surface area contributed by atoms with Crippen LogP contribution >= 0.6 is 0 Å². The Bertz CT molecular complexity index is 865. The molecule has 1 aliphatic rings. The van der Waals surface area contributed by atoms with E-state index in [2.05, 4.69) is 5.32 Å². The number of amides is 2. The Morgan fingerprint density at radius 3 is 2.85 bits per heavy atom. The summed E-state index contributed by atoms with van der Waals surface area (Å²) in [5, 5.41) is 2.43. The summed E-state index contributed by atoms with van der Waals surface area (Å²) in [6.45, 7) is 4.47. The molecule has 3 N–H and O–H groups in total. The Morgan fingerprint density at radius 2 is 2.11 bits per heavy atom. The van der Waals surface area contributed by atoms with Crippen molar-refractivity contribution >= 4 is 17.7 Å². The molecule has 1 heterocycles. The third-order valence-corrected chi connectivity index (χ3v) is 4.10. The Hall–Kier alpha value is -3.22. The van der Waals surface area contributed by atoms with E-state index in [9.17, 15) is 9.59 Å². The molecule has 7 nitrogen and oxygen atoms in total. The summed E-state index contributed by atoms with van der Waals surface area (Å²) in [4.78, 5) is 23.3.